The lowest BCUT2D eigenvalue weighted by Crippen LogP contribution is -2.31. The first kappa shape index (κ1) is 24.8. The number of anilines is 2. The van der Waals surface area contributed by atoms with E-state index in [1.807, 2.05) is 85.4 Å². The second kappa shape index (κ2) is 11.0. The average molecular weight is 515 g/mol. The quantitative estimate of drug-likeness (QED) is 0.274. The molecule has 0 spiro atoms. The number of aliphatic imine (C=N–C) groups is 1. The summed E-state index contributed by atoms with van der Waals surface area (Å²) in [5.41, 5.74) is 4.69. The Balaban J connectivity index is 1.32. The lowest BCUT2D eigenvalue weighted by molar-refractivity contribution is -0.119. The van der Waals surface area contributed by atoms with E-state index in [2.05, 4.69) is 15.6 Å². The Labute approximate surface area is 220 Å². The molecule has 2 unspecified atom stereocenters. The van der Waals surface area contributed by atoms with E-state index in [1.54, 1.807) is 18.9 Å². The minimum atomic E-state index is -0.422. The van der Waals surface area contributed by atoms with Crippen LogP contribution in [0.25, 0.3) is 11.5 Å². The third-order valence-corrected chi connectivity index (χ3v) is 7.30. The number of amides is 1. The van der Waals surface area contributed by atoms with Crippen LogP contribution in [0.2, 0.25) is 0 Å². The third-order valence-electron chi connectivity index (χ3n) is 6.38. The number of carbonyl (C=O) groups is 1. The van der Waals surface area contributed by atoms with E-state index in [0.29, 0.717) is 17.4 Å². The fraction of sp³-hybridized carbons (Fsp3) is 0.286. The smallest absolute Gasteiger partial charge is 0.247 e. The topological polar surface area (TPSA) is 93.4 Å². The van der Waals surface area contributed by atoms with Crippen molar-refractivity contribution in [3.05, 3.63) is 71.9 Å². The number of ether oxygens (including phenoxy) is 1. The van der Waals surface area contributed by atoms with E-state index < -0.39 is 6.04 Å². The Hall–Kier alpha value is -3.85. The van der Waals surface area contributed by atoms with E-state index in [-0.39, 0.29) is 11.9 Å². The van der Waals surface area contributed by atoms with Crippen LogP contribution in [0.3, 0.4) is 0 Å². The number of benzene rings is 2. The Morgan fingerprint density at radius 3 is 2.70 bits per heavy atom. The molecule has 0 radical (unpaired) electrons. The number of imidazole rings is 1. The Bertz CT molecular complexity index is 1380. The van der Waals surface area contributed by atoms with Gasteiger partial charge in [-0.25, -0.2) is 9.97 Å². The monoisotopic (exact) mass is 514 g/mol. The molecule has 3 aliphatic rings. The van der Waals surface area contributed by atoms with Gasteiger partial charge in [0.15, 0.2) is 11.0 Å². The summed E-state index contributed by atoms with van der Waals surface area (Å²) in [6.07, 6.45) is 4.42. The van der Waals surface area contributed by atoms with E-state index in [9.17, 15) is 4.79 Å². The van der Waals surface area contributed by atoms with Crippen LogP contribution >= 0.6 is 11.8 Å². The van der Waals surface area contributed by atoms with Gasteiger partial charge in [0.2, 0.25) is 5.91 Å². The normalized spacial score (nSPS) is 15.3. The van der Waals surface area contributed by atoms with Gasteiger partial charge >= 0.3 is 0 Å². The van der Waals surface area contributed by atoms with Crippen molar-refractivity contribution in [2.45, 2.75) is 43.3 Å². The van der Waals surface area contributed by atoms with Gasteiger partial charge in [-0.2, -0.15) is 0 Å². The summed E-state index contributed by atoms with van der Waals surface area (Å²) in [5, 5.41) is 7.25. The number of carbonyl (C=O) groups excluding carboxylic acids is 1. The van der Waals surface area contributed by atoms with Crippen molar-refractivity contribution < 1.29 is 9.53 Å². The number of methoxy groups -OCH3 is 1. The van der Waals surface area contributed by atoms with Gasteiger partial charge in [-0.05, 0) is 60.9 Å². The van der Waals surface area contributed by atoms with Gasteiger partial charge in [-0.1, -0.05) is 36.9 Å². The SMILES string of the molecule is CCC(C(=O)Nc1cc(NC2C=NC2)ccc1C)n1cccc2nc(SCc3ccc(OC)cc3)nc1-2. The van der Waals surface area contributed by atoms with E-state index in [1.165, 1.54) is 0 Å². The lowest BCUT2D eigenvalue weighted by Gasteiger charge is -2.23. The number of fused-ring (bicyclic) bond motifs is 1. The summed E-state index contributed by atoms with van der Waals surface area (Å²) >= 11 is 1.57. The number of aromatic nitrogens is 3. The largest absolute Gasteiger partial charge is 0.497 e. The number of pyridine rings is 1. The van der Waals surface area contributed by atoms with Crippen molar-refractivity contribution >= 4 is 35.3 Å². The molecule has 9 heteroatoms. The molecule has 3 aliphatic heterocycles. The van der Waals surface area contributed by atoms with Gasteiger partial charge < -0.3 is 19.9 Å². The van der Waals surface area contributed by atoms with Crippen LogP contribution in [0.15, 0.2) is 70.9 Å². The molecule has 0 aliphatic carbocycles. The van der Waals surface area contributed by atoms with Gasteiger partial charge in [0, 0.05) is 29.5 Å². The maximum atomic E-state index is 13.5. The van der Waals surface area contributed by atoms with Gasteiger partial charge in [-0.15, -0.1) is 0 Å². The van der Waals surface area contributed by atoms with Crippen molar-refractivity contribution in [1.82, 2.24) is 14.5 Å². The molecule has 0 bridgehead atoms. The van der Waals surface area contributed by atoms with Crippen molar-refractivity contribution in [2.24, 2.45) is 4.99 Å². The van der Waals surface area contributed by atoms with Gasteiger partial charge in [0.1, 0.15) is 17.5 Å². The van der Waals surface area contributed by atoms with E-state index in [4.69, 9.17) is 14.7 Å². The highest BCUT2D eigenvalue weighted by atomic mass is 32.2. The van der Waals surface area contributed by atoms with Crippen LogP contribution in [-0.4, -0.2) is 46.4 Å². The molecule has 3 heterocycles. The molecule has 2 aromatic carbocycles. The summed E-state index contributed by atoms with van der Waals surface area (Å²) in [6, 6.07) is 17.7. The molecule has 0 fully saturated rings. The molecular formula is C28H30N6O2S. The molecule has 1 amide bonds. The molecule has 2 atom stereocenters. The molecule has 2 aromatic rings. The number of hydrogen-bond acceptors (Lipinski definition) is 7. The second-order valence-corrected chi connectivity index (χ2v) is 9.92. The third kappa shape index (κ3) is 5.61. The molecule has 5 rings (SSSR count). The van der Waals surface area contributed by atoms with Crippen LogP contribution in [0.5, 0.6) is 5.75 Å². The summed E-state index contributed by atoms with van der Waals surface area (Å²) < 4.78 is 7.16. The number of aryl methyl sites for hydroxylation is 1. The number of nitrogens with zero attached hydrogens (tertiary/aromatic N) is 4. The number of hydrogen-bond donors (Lipinski definition) is 2. The van der Waals surface area contributed by atoms with Crippen LogP contribution < -0.4 is 15.4 Å². The lowest BCUT2D eigenvalue weighted by atomic mass is 10.1. The van der Waals surface area contributed by atoms with Gasteiger partial charge in [-0.3, -0.25) is 9.79 Å². The molecule has 190 valence electrons. The minimum Gasteiger partial charge on any atom is -0.497 e. The minimum absolute atomic E-state index is 0.0825. The molecule has 0 aromatic heterocycles. The summed E-state index contributed by atoms with van der Waals surface area (Å²) in [4.78, 5) is 27.1. The number of rotatable bonds is 10. The van der Waals surface area contributed by atoms with E-state index >= 15 is 0 Å². The highest BCUT2D eigenvalue weighted by Crippen LogP contribution is 2.30. The number of thioether (sulfide) groups is 1. The summed E-state index contributed by atoms with van der Waals surface area (Å²) in [5.74, 6) is 2.20. The zero-order valence-electron chi connectivity index (χ0n) is 21.1. The number of nitrogens with one attached hydrogen (secondary N) is 2. The molecule has 37 heavy (non-hydrogen) atoms. The maximum absolute atomic E-state index is 13.5. The zero-order valence-corrected chi connectivity index (χ0v) is 22.0. The predicted octanol–water partition coefficient (Wildman–Crippen LogP) is 5.45. The summed E-state index contributed by atoms with van der Waals surface area (Å²) in [7, 11) is 1.66. The van der Waals surface area contributed by atoms with Crippen LogP contribution in [0.1, 0.15) is 30.5 Å². The molecule has 2 N–H and O–H groups in total. The predicted molar refractivity (Wildman–Crippen MR) is 149 cm³/mol. The van der Waals surface area contributed by atoms with Crippen LogP contribution in [-0.2, 0) is 10.5 Å². The maximum Gasteiger partial charge on any atom is 0.247 e. The highest BCUT2D eigenvalue weighted by molar-refractivity contribution is 7.98. The van der Waals surface area contributed by atoms with Crippen molar-refractivity contribution in [2.75, 3.05) is 24.3 Å². The van der Waals surface area contributed by atoms with Crippen molar-refractivity contribution in [1.29, 1.82) is 0 Å². The van der Waals surface area contributed by atoms with Crippen molar-refractivity contribution in [3.8, 4) is 17.3 Å². The first-order valence-corrected chi connectivity index (χ1v) is 13.3. The van der Waals surface area contributed by atoms with Crippen molar-refractivity contribution in [3.63, 3.8) is 0 Å². The summed E-state index contributed by atoms with van der Waals surface area (Å²) in [6.45, 7) is 4.77. The fourth-order valence-corrected chi connectivity index (χ4v) is 4.99. The van der Waals surface area contributed by atoms with E-state index in [0.717, 1.165) is 46.2 Å². The Morgan fingerprint density at radius 1 is 1.19 bits per heavy atom. The van der Waals surface area contributed by atoms with Crippen LogP contribution in [0, 0.1) is 6.92 Å². The second-order valence-electron chi connectivity index (χ2n) is 8.98. The first-order valence-electron chi connectivity index (χ1n) is 12.3. The molecule has 0 saturated carbocycles. The highest BCUT2D eigenvalue weighted by Gasteiger charge is 2.24. The average Bonchev–Trinajstić information content (AvgIpc) is 3.31. The molecular weight excluding hydrogens is 484 g/mol. The first-order chi connectivity index (χ1) is 18.0. The Morgan fingerprint density at radius 2 is 2.00 bits per heavy atom. The van der Waals surface area contributed by atoms with Crippen LogP contribution in [0.4, 0.5) is 11.4 Å². The molecule has 8 nitrogen and oxygen atoms in total. The Kier molecular flexibility index (Phi) is 7.41. The standard InChI is InChI=1S/C28H30N6O2S/c1-4-25(27(35)31-24-14-20(10-7-18(24)2)30-21-15-29-16-21)34-13-5-6-23-26(34)33-28(32-23)37-17-19-8-11-22(36-3)12-9-19/h5-15,21,25,30H,4,16-17H2,1-3H3,(H,31,35). The van der Waals surface area contributed by atoms with Gasteiger partial charge in [0.05, 0.1) is 19.7 Å². The molecule has 0 saturated heterocycles. The zero-order chi connectivity index (χ0) is 25.8. The fourth-order valence-electron chi connectivity index (χ4n) is 4.19. The van der Waals surface area contributed by atoms with Gasteiger partial charge in [0.25, 0.3) is 0 Å².